The molecule has 4 aliphatic rings. The number of fused-ring (bicyclic) bond motifs is 2. The molecule has 20 heavy (non-hydrogen) atoms. The fourth-order valence-corrected chi connectivity index (χ4v) is 5.84. The van der Waals surface area contributed by atoms with Gasteiger partial charge in [-0.1, -0.05) is 25.7 Å². The van der Waals surface area contributed by atoms with Crippen molar-refractivity contribution in [2.75, 3.05) is 13.1 Å². The van der Waals surface area contributed by atoms with Crippen LogP contribution < -0.4 is 5.32 Å². The fraction of sp³-hybridized carbons (Fsp3) is 1.00. The zero-order valence-corrected chi connectivity index (χ0v) is 13.2. The van der Waals surface area contributed by atoms with Crippen molar-refractivity contribution < 1.29 is 0 Å². The predicted octanol–water partition coefficient (Wildman–Crippen LogP) is 3.42. The third-order valence-electron chi connectivity index (χ3n) is 6.99. The van der Waals surface area contributed by atoms with E-state index < -0.39 is 0 Å². The fourth-order valence-electron chi connectivity index (χ4n) is 5.84. The third-order valence-corrected chi connectivity index (χ3v) is 6.99. The van der Waals surface area contributed by atoms with E-state index in [9.17, 15) is 0 Å². The maximum Gasteiger partial charge on any atom is 0.0224 e. The Morgan fingerprint density at radius 2 is 1.75 bits per heavy atom. The van der Waals surface area contributed by atoms with Gasteiger partial charge in [0.15, 0.2) is 0 Å². The first-order valence-electron chi connectivity index (χ1n) is 9.30. The van der Waals surface area contributed by atoms with Crippen LogP contribution in [-0.4, -0.2) is 36.1 Å². The predicted molar refractivity (Wildman–Crippen MR) is 83.8 cm³/mol. The molecule has 2 heteroatoms. The van der Waals surface area contributed by atoms with Crippen molar-refractivity contribution in [3.63, 3.8) is 0 Å². The van der Waals surface area contributed by atoms with Crippen molar-refractivity contribution in [3.8, 4) is 0 Å². The number of nitrogens with one attached hydrogen (secondary N) is 1. The van der Waals surface area contributed by atoms with Crippen LogP contribution in [0.4, 0.5) is 0 Å². The lowest BCUT2D eigenvalue weighted by atomic mass is 9.82. The highest BCUT2D eigenvalue weighted by molar-refractivity contribution is 5.00. The van der Waals surface area contributed by atoms with Gasteiger partial charge < -0.3 is 5.32 Å². The summed E-state index contributed by atoms with van der Waals surface area (Å²) in [7, 11) is 0. The van der Waals surface area contributed by atoms with Crippen molar-refractivity contribution in [3.05, 3.63) is 0 Å². The summed E-state index contributed by atoms with van der Waals surface area (Å²) in [6, 6.07) is 2.50. The molecule has 3 aliphatic carbocycles. The van der Waals surface area contributed by atoms with Crippen molar-refractivity contribution in [2.24, 2.45) is 17.8 Å². The SMILES string of the molecule is CC1CNC(C2CCCCC2)CN1C1CC2CCC1C2. The van der Waals surface area contributed by atoms with Gasteiger partial charge in [-0.05, 0) is 56.8 Å². The molecule has 0 radical (unpaired) electrons. The van der Waals surface area contributed by atoms with Gasteiger partial charge in [0.05, 0.1) is 0 Å². The van der Waals surface area contributed by atoms with Gasteiger partial charge in [0.25, 0.3) is 0 Å². The monoisotopic (exact) mass is 276 g/mol. The van der Waals surface area contributed by atoms with Gasteiger partial charge >= 0.3 is 0 Å². The van der Waals surface area contributed by atoms with E-state index in [-0.39, 0.29) is 0 Å². The van der Waals surface area contributed by atoms with Crippen molar-refractivity contribution in [2.45, 2.75) is 82.8 Å². The van der Waals surface area contributed by atoms with Crippen LogP contribution >= 0.6 is 0 Å². The average molecular weight is 276 g/mol. The quantitative estimate of drug-likeness (QED) is 0.831. The van der Waals surface area contributed by atoms with Crippen LogP contribution in [0.3, 0.4) is 0 Å². The zero-order valence-electron chi connectivity index (χ0n) is 13.2. The minimum atomic E-state index is 0.763. The smallest absolute Gasteiger partial charge is 0.0224 e. The molecule has 2 nitrogen and oxygen atoms in total. The molecule has 5 atom stereocenters. The Labute approximate surface area is 124 Å². The molecule has 0 spiro atoms. The first kappa shape index (κ1) is 13.6. The van der Waals surface area contributed by atoms with Gasteiger partial charge in [0.2, 0.25) is 0 Å². The summed E-state index contributed by atoms with van der Waals surface area (Å²) in [6.45, 7) is 5.03. The first-order valence-corrected chi connectivity index (χ1v) is 9.30. The molecule has 3 saturated carbocycles. The third kappa shape index (κ3) is 2.43. The van der Waals surface area contributed by atoms with Crippen LogP contribution in [0.15, 0.2) is 0 Å². The Bertz CT molecular complexity index is 336. The standard InChI is InChI=1S/C18H32N2/c1-13-11-19-17(15-5-3-2-4-6-15)12-20(13)18-10-14-7-8-16(18)9-14/h13-19H,2-12H2,1H3. The second kappa shape index (κ2) is 5.61. The van der Waals surface area contributed by atoms with E-state index in [2.05, 4.69) is 17.1 Å². The molecule has 2 bridgehead atoms. The van der Waals surface area contributed by atoms with E-state index in [1.165, 1.54) is 64.5 Å². The van der Waals surface area contributed by atoms with Crippen LogP contribution in [0.5, 0.6) is 0 Å². The second-order valence-corrected chi connectivity index (χ2v) is 8.20. The molecular formula is C18H32N2. The van der Waals surface area contributed by atoms with Crippen LogP contribution in [0, 0.1) is 17.8 Å². The van der Waals surface area contributed by atoms with Gasteiger partial charge in [-0.2, -0.15) is 0 Å². The molecule has 0 aromatic heterocycles. The molecule has 4 rings (SSSR count). The number of hydrogen-bond acceptors (Lipinski definition) is 2. The van der Waals surface area contributed by atoms with Crippen LogP contribution in [0.1, 0.15) is 64.7 Å². The number of piperazine rings is 1. The summed E-state index contributed by atoms with van der Waals surface area (Å²) >= 11 is 0. The molecule has 0 amide bonds. The van der Waals surface area contributed by atoms with E-state index in [1.807, 2.05) is 0 Å². The minimum Gasteiger partial charge on any atom is -0.311 e. The normalized spacial score (nSPS) is 47.0. The van der Waals surface area contributed by atoms with E-state index >= 15 is 0 Å². The minimum absolute atomic E-state index is 0.763. The maximum absolute atomic E-state index is 3.89. The van der Waals surface area contributed by atoms with Crippen molar-refractivity contribution in [1.29, 1.82) is 0 Å². The molecule has 1 aliphatic heterocycles. The first-order chi connectivity index (χ1) is 9.81. The summed E-state index contributed by atoms with van der Waals surface area (Å²) < 4.78 is 0. The molecule has 0 aromatic carbocycles. The number of hydrogen-bond donors (Lipinski definition) is 1. The largest absolute Gasteiger partial charge is 0.311 e. The molecule has 114 valence electrons. The van der Waals surface area contributed by atoms with Gasteiger partial charge in [0, 0.05) is 31.2 Å². The Morgan fingerprint density at radius 3 is 2.45 bits per heavy atom. The highest BCUT2D eigenvalue weighted by Gasteiger charge is 2.45. The van der Waals surface area contributed by atoms with E-state index in [1.54, 1.807) is 6.42 Å². The average Bonchev–Trinajstić information content (AvgIpc) is 3.11. The summed E-state index contributed by atoms with van der Waals surface area (Å²) in [5.74, 6) is 3.10. The van der Waals surface area contributed by atoms with Crippen molar-refractivity contribution >= 4 is 0 Å². The van der Waals surface area contributed by atoms with Gasteiger partial charge in [-0.25, -0.2) is 0 Å². The molecule has 0 aromatic rings. The highest BCUT2D eigenvalue weighted by Crippen LogP contribution is 2.47. The molecule has 1 N–H and O–H groups in total. The Kier molecular flexibility index (Phi) is 3.80. The second-order valence-electron chi connectivity index (χ2n) is 8.20. The molecular weight excluding hydrogens is 244 g/mol. The highest BCUT2D eigenvalue weighted by atomic mass is 15.3. The van der Waals surface area contributed by atoms with Crippen LogP contribution in [0.2, 0.25) is 0 Å². The lowest BCUT2D eigenvalue weighted by Crippen LogP contribution is -2.61. The Balaban J connectivity index is 1.42. The Hall–Kier alpha value is -0.0800. The summed E-state index contributed by atoms with van der Waals surface area (Å²) in [5, 5.41) is 3.89. The van der Waals surface area contributed by atoms with Gasteiger partial charge in [-0.15, -0.1) is 0 Å². The van der Waals surface area contributed by atoms with Crippen molar-refractivity contribution in [1.82, 2.24) is 10.2 Å². The van der Waals surface area contributed by atoms with E-state index in [0.29, 0.717) is 0 Å². The van der Waals surface area contributed by atoms with Crippen LogP contribution in [0.25, 0.3) is 0 Å². The van der Waals surface area contributed by atoms with E-state index in [4.69, 9.17) is 0 Å². The lowest BCUT2D eigenvalue weighted by Gasteiger charge is -2.47. The Morgan fingerprint density at radius 1 is 0.900 bits per heavy atom. The molecule has 1 heterocycles. The zero-order chi connectivity index (χ0) is 13.5. The summed E-state index contributed by atoms with van der Waals surface area (Å²) in [6.07, 6.45) is 13.5. The number of rotatable bonds is 2. The van der Waals surface area contributed by atoms with Crippen LogP contribution in [-0.2, 0) is 0 Å². The molecule has 1 saturated heterocycles. The summed E-state index contributed by atoms with van der Waals surface area (Å²) in [4.78, 5) is 2.93. The van der Waals surface area contributed by atoms with E-state index in [0.717, 1.165) is 35.9 Å². The molecule has 4 fully saturated rings. The van der Waals surface area contributed by atoms with Gasteiger partial charge in [0.1, 0.15) is 0 Å². The topological polar surface area (TPSA) is 15.3 Å². The summed E-state index contributed by atoms with van der Waals surface area (Å²) in [5.41, 5.74) is 0. The van der Waals surface area contributed by atoms with Gasteiger partial charge in [-0.3, -0.25) is 4.90 Å². The number of nitrogens with zero attached hydrogens (tertiary/aromatic N) is 1. The lowest BCUT2D eigenvalue weighted by molar-refractivity contribution is 0.0423. The molecule has 5 unspecified atom stereocenters. The maximum atomic E-state index is 3.89.